The number of ether oxygens (including phenoxy) is 1. The van der Waals surface area contributed by atoms with Gasteiger partial charge in [0.2, 0.25) is 0 Å². The van der Waals surface area contributed by atoms with Gasteiger partial charge in [-0.2, -0.15) is 0 Å². The van der Waals surface area contributed by atoms with E-state index in [-0.39, 0.29) is 0 Å². The number of hydrogen-bond donors (Lipinski definition) is 2. The fraction of sp³-hybridized carbons (Fsp3) is 1.00. The summed E-state index contributed by atoms with van der Waals surface area (Å²) in [5.74, 6) is 0.707. The summed E-state index contributed by atoms with van der Waals surface area (Å²) in [6.07, 6.45) is 1.89. The molecule has 0 rings (SSSR count). The van der Waals surface area contributed by atoms with Crippen molar-refractivity contribution in [2.45, 2.75) is 46.1 Å². The molecular weight excluding hydrogens is 190 g/mol. The van der Waals surface area contributed by atoms with Crippen LogP contribution in [-0.4, -0.2) is 37.0 Å². The lowest BCUT2D eigenvalue weighted by atomic mass is 10.0. The minimum atomic E-state index is -0.585. The first kappa shape index (κ1) is 14.9. The molecule has 0 aliphatic rings. The van der Waals surface area contributed by atoms with Crippen molar-refractivity contribution in [1.82, 2.24) is 5.32 Å². The van der Waals surface area contributed by atoms with E-state index in [9.17, 15) is 5.11 Å². The highest BCUT2D eigenvalue weighted by atomic mass is 16.5. The van der Waals surface area contributed by atoms with Crippen LogP contribution in [0.4, 0.5) is 0 Å². The highest BCUT2D eigenvalue weighted by Gasteiger charge is 2.15. The molecular formula is C12H27NO2. The predicted octanol–water partition coefficient (Wildman–Crippen LogP) is 1.80. The lowest BCUT2D eigenvalue weighted by Gasteiger charge is -2.21. The van der Waals surface area contributed by atoms with Crippen LogP contribution in [0.25, 0.3) is 0 Å². The lowest BCUT2D eigenvalue weighted by molar-refractivity contribution is 0.0520. The summed E-state index contributed by atoms with van der Waals surface area (Å²) in [5, 5.41) is 12.9. The molecule has 2 N–H and O–H groups in total. The maximum Gasteiger partial charge on any atom is 0.0741 e. The van der Waals surface area contributed by atoms with Gasteiger partial charge < -0.3 is 15.2 Å². The molecule has 0 aromatic heterocycles. The third-order valence-electron chi connectivity index (χ3n) is 2.53. The Morgan fingerprint density at radius 2 is 2.00 bits per heavy atom. The maximum absolute atomic E-state index is 9.70. The van der Waals surface area contributed by atoms with E-state index in [4.69, 9.17) is 4.74 Å². The summed E-state index contributed by atoms with van der Waals surface area (Å²) in [5.41, 5.74) is -0.585. The first-order valence-electron chi connectivity index (χ1n) is 5.99. The smallest absolute Gasteiger partial charge is 0.0741 e. The largest absolute Gasteiger partial charge is 0.389 e. The van der Waals surface area contributed by atoms with Gasteiger partial charge in [-0.15, -0.1) is 0 Å². The molecule has 0 fully saturated rings. The quantitative estimate of drug-likeness (QED) is 0.579. The number of hydrogen-bond acceptors (Lipinski definition) is 3. The van der Waals surface area contributed by atoms with Crippen LogP contribution in [0.1, 0.15) is 40.5 Å². The van der Waals surface area contributed by atoms with Crippen molar-refractivity contribution >= 4 is 0 Å². The second kappa shape index (κ2) is 8.08. The van der Waals surface area contributed by atoms with Crippen LogP contribution in [0.15, 0.2) is 0 Å². The Bertz CT molecular complexity index is 147. The van der Waals surface area contributed by atoms with Crippen LogP contribution in [0.2, 0.25) is 0 Å². The monoisotopic (exact) mass is 217 g/mol. The molecule has 0 aromatic carbocycles. The van der Waals surface area contributed by atoms with Crippen LogP contribution in [0.3, 0.4) is 0 Å². The second-order valence-electron chi connectivity index (χ2n) is 4.82. The zero-order valence-electron chi connectivity index (χ0n) is 10.7. The van der Waals surface area contributed by atoms with Gasteiger partial charge in [-0.3, -0.25) is 0 Å². The van der Waals surface area contributed by atoms with Crippen LogP contribution in [0, 0.1) is 5.92 Å². The second-order valence-corrected chi connectivity index (χ2v) is 4.82. The van der Waals surface area contributed by atoms with E-state index in [0.29, 0.717) is 12.5 Å². The van der Waals surface area contributed by atoms with Crippen LogP contribution >= 0.6 is 0 Å². The molecule has 1 atom stereocenters. The first-order valence-corrected chi connectivity index (χ1v) is 5.99. The van der Waals surface area contributed by atoms with Crippen molar-refractivity contribution in [2.24, 2.45) is 5.92 Å². The summed E-state index contributed by atoms with van der Waals surface area (Å²) in [6.45, 7) is 11.2. The first-order chi connectivity index (χ1) is 6.98. The summed E-state index contributed by atoms with van der Waals surface area (Å²) >= 11 is 0. The van der Waals surface area contributed by atoms with E-state index in [0.717, 1.165) is 32.6 Å². The van der Waals surface area contributed by atoms with Crippen LogP contribution < -0.4 is 5.32 Å². The van der Waals surface area contributed by atoms with Crippen molar-refractivity contribution in [3.63, 3.8) is 0 Å². The van der Waals surface area contributed by atoms with Crippen LogP contribution in [-0.2, 0) is 4.74 Å². The summed E-state index contributed by atoms with van der Waals surface area (Å²) in [7, 11) is 0. The molecule has 92 valence electrons. The molecule has 0 saturated carbocycles. The van der Waals surface area contributed by atoms with Crippen LogP contribution in [0.5, 0.6) is 0 Å². The Hall–Kier alpha value is -0.120. The molecule has 0 saturated heterocycles. The molecule has 0 aromatic rings. The molecule has 0 spiro atoms. The van der Waals surface area contributed by atoms with E-state index in [1.807, 2.05) is 13.8 Å². The Morgan fingerprint density at radius 3 is 2.53 bits per heavy atom. The van der Waals surface area contributed by atoms with Crippen molar-refractivity contribution in [2.75, 3.05) is 26.3 Å². The van der Waals surface area contributed by atoms with E-state index in [1.54, 1.807) is 0 Å². The maximum atomic E-state index is 9.70. The number of rotatable bonds is 9. The molecule has 15 heavy (non-hydrogen) atoms. The Kier molecular flexibility index (Phi) is 8.02. The van der Waals surface area contributed by atoms with Gasteiger partial charge in [-0.1, -0.05) is 20.8 Å². The fourth-order valence-electron chi connectivity index (χ4n) is 1.05. The molecule has 3 nitrogen and oxygen atoms in total. The molecule has 0 heterocycles. The molecule has 0 bridgehead atoms. The van der Waals surface area contributed by atoms with Gasteiger partial charge in [0.15, 0.2) is 0 Å². The number of aliphatic hydroxyl groups is 1. The van der Waals surface area contributed by atoms with Crippen molar-refractivity contribution in [1.29, 1.82) is 0 Å². The summed E-state index contributed by atoms with van der Waals surface area (Å²) < 4.78 is 5.45. The molecule has 0 aliphatic carbocycles. The Labute approximate surface area is 94.2 Å². The normalized spacial score (nSPS) is 15.6. The zero-order chi connectivity index (χ0) is 11.7. The van der Waals surface area contributed by atoms with E-state index >= 15 is 0 Å². The van der Waals surface area contributed by atoms with Crippen molar-refractivity contribution in [3.8, 4) is 0 Å². The highest BCUT2D eigenvalue weighted by molar-refractivity contribution is 4.72. The lowest BCUT2D eigenvalue weighted by Crippen LogP contribution is -2.38. The van der Waals surface area contributed by atoms with Gasteiger partial charge in [-0.05, 0) is 25.7 Å². The van der Waals surface area contributed by atoms with Gasteiger partial charge in [0, 0.05) is 19.7 Å². The Morgan fingerprint density at radius 1 is 1.33 bits per heavy atom. The molecule has 0 amide bonds. The van der Waals surface area contributed by atoms with E-state index in [1.165, 1.54) is 0 Å². The third kappa shape index (κ3) is 10.2. The Balaban J connectivity index is 3.18. The van der Waals surface area contributed by atoms with E-state index < -0.39 is 5.60 Å². The standard InChI is InChI=1S/C12H27NO2/c1-5-12(4,14)10-13-7-9-15-8-6-11(2)3/h11,13-14H,5-10H2,1-4H3. The average molecular weight is 217 g/mol. The minimum absolute atomic E-state index is 0.585. The van der Waals surface area contributed by atoms with E-state index in [2.05, 4.69) is 19.2 Å². The van der Waals surface area contributed by atoms with Gasteiger partial charge >= 0.3 is 0 Å². The summed E-state index contributed by atoms with van der Waals surface area (Å²) in [4.78, 5) is 0. The molecule has 3 heteroatoms. The molecule has 1 unspecified atom stereocenters. The molecule has 0 radical (unpaired) electrons. The number of nitrogens with one attached hydrogen (secondary N) is 1. The van der Waals surface area contributed by atoms with Gasteiger partial charge in [0.1, 0.15) is 0 Å². The average Bonchev–Trinajstić information content (AvgIpc) is 2.16. The minimum Gasteiger partial charge on any atom is -0.389 e. The molecule has 0 aliphatic heterocycles. The predicted molar refractivity (Wildman–Crippen MR) is 64.1 cm³/mol. The highest BCUT2D eigenvalue weighted by Crippen LogP contribution is 2.05. The van der Waals surface area contributed by atoms with Gasteiger partial charge in [0.25, 0.3) is 0 Å². The summed E-state index contributed by atoms with van der Waals surface area (Å²) in [6, 6.07) is 0. The third-order valence-corrected chi connectivity index (χ3v) is 2.53. The fourth-order valence-corrected chi connectivity index (χ4v) is 1.05. The van der Waals surface area contributed by atoms with Gasteiger partial charge in [-0.25, -0.2) is 0 Å². The van der Waals surface area contributed by atoms with Gasteiger partial charge in [0.05, 0.1) is 12.2 Å². The zero-order valence-corrected chi connectivity index (χ0v) is 10.7. The topological polar surface area (TPSA) is 41.5 Å². The van der Waals surface area contributed by atoms with Crippen molar-refractivity contribution in [3.05, 3.63) is 0 Å². The van der Waals surface area contributed by atoms with Crippen molar-refractivity contribution < 1.29 is 9.84 Å². The SMILES string of the molecule is CCC(C)(O)CNCCOCCC(C)C.